The van der Waals surface area contributed by atoms with Gasteiger partial charge in [0.25, 0.3) is 0 Å². The topological polar surface area (TPSA) is 66.9 Å². The average Bonchev–Trinajstić information content (AvgIpc) is 2.73. The van der Waals surface area contributed by atoms with Gasteiger partial charge in [0, 0.05) is 25.8 Å². The lowest BCUT2D eigenvalue weighted by Gasteiger charge is -2.33. The third-order valence-electron chi connectivity index (χ3n) is 4.98. The fourth-order valence-corrected chi connectivity index (χ4v) is 4.85. The monoisotopic (exact) mass is 406 g/mol. The fraction of sp³-hybridized carbons (Fsp3) is 0.350. The highest BCUT2D eigenvalue weighted by Gasteiger charge is 2.34. The second kappa shape index (κ2) is 8.28. The molecule has 3 rings (SSSR count). The standard InChI is InChI=1S/C20H23FN2O4S/c1-22(17-7-5-16(21)6-8-17)20(24)15-4-3-13-23(14-15)28(25,26)19-11-9-18(27-2)10-12-19/h5-12,15H,3-4,13-14H2,1-2H3/t15-/m0/s1. The number of benzene rings is 2. The van der Waals surface area contributed by atoms with Gasteiger partial charge in [-0.2, -0.15) is 4.31 Å². The lowest BCUT2D eigenvalue weighted by Crippen LogP contribution is -2.45. The van der Waals surface area contributed by atoms with Gasteiger partial charge in [-0.3, -0.25) is 4.79 Å². The third-order valence-corrected chi connectivity index (χ3v) is 6.85. The summed E-state index contributed by atoms with van der Waals surface area (Å²) in [6, 6.07) is 11.8. The molecular weight excluding hydrogens is 383 g/mol. The zero-order valence-corrected chi connectivity index (χ0v) is 16.7. The minimum absolute atomic E-state index is 0.124. The summed E-state index contributed by atoms with van der Waals surface area (Å²) < 4.78 is 45.4. The molecule has 0 N–H and O–H groups in total. The molecule has 6 nitrogen and oxygen atoms in total. The molecule has 2 aromatic rings. The van der Waals surface area contributed by atoms with Crippen molar-refractivity contribution in [2.45, 2.75) is 17.7 Å². The molecule has 1 aliphatic heterocycles. The number of sulfonamides is 1. The van der Waals surface area contributed by atoms with Gasteiger partial charge >= 0.3 is 0 Å². The number of rotatable bonds is 5. The highest BCUT2D eigenvalue weighted by Crippen LogP contribution is 2.27. The molecule has 0 radical (unpaired) electrons. The number of anilines is 1. The maximum Gasteiger partial charge on any atom is 0.243 e. The van der Waals surface area contributed by atoms with Crippen LogP contribution < -0.4 is 9.64 Å². The molecule has 1 fully saturated rings. The van der Waals surface area contributed by atoms with Crippen LogP contribution >= 0.6 is 0 Å². The van der Waals surface area contributed by atoms with Crippen molar-refractivity contribution >= 4 is 21.6 Å². The first-order valence-corrected chi connectivity index (χ1v) is 10.4. The summed E-state index contributed by atoms with van der Waals surface area (Å²) in [7, 11) is -0.559. The van der Waals surface area contributed by atoms with Crippen molar-refractivity contribution < 1.29 is 22.3 Å². The van der Waals surface area contributed by atoms with Crippen LogP contribution in [0.1, 0.15) is 12.8 Å². The van der Waals surface area contributed by atoms with E-state index in [2.05, 4.69) is 0 Å². The highest BCUT2D eigenvalue weighted by molar-refractivity contribution is 7.89. The normalized spacial score (nSPS) is 17.9. The Labute approximate surface area is 164 Å². The summed E-state index contributed by atoms with van der Waals surface area (Å²) in [5.74, 6) is -0.427. The lowest BCUT2D eigenvalue weighted by molar-refractivity contribution is -0.123. The SMILES string of the molecule is COc1ccc(S(=O)(=O)N2CCC[C@H](C(=O)N(C)c3ccc(F)cc3)C2)cc1. The van der Waals surface area contributed by atoms with Crippen LogP contribution in [0.3, 0.4) is 0 Å². The molecule has 0 saturated carbocycles. The minimum Gasteiger partial charge on any atom is -0.497 e. The van der Waals surface area contributed by atoms with E-state index in [4.69, 9.17) is 4.74 Å². The van der Waals surface area contributed by atoms with Crippen molar-refractivity contribution in [2.75, 3.05) is 32.1 Å². The van der Waals surface area contributed by atoms with Crippen LogP contribution in [0.15, 0.2) is 53.4 Å². The van der Waals surface area contributed by atoms with E-state index < -0.39 is 15.9 Å². The van der Waals surface area contributed by atoms with Gasteiger partial charge in [-0.1, -0.05) is 0 Å². The van der Waals surface area contributed by atoms with Gasteiger partial charge in [-0.15, -0.1) is 0 Å². The summed E-state index contributed by atoms with van der Waals surface area (Å²) >= 11 is 0. The van der Waals surface area contributed by atoms with Crippen molar-refractivity contribution in [1.29, 1.82) is 0 Å². The van der Waals surface area contributed by atoms with Gasteiger partial charge in [-0.25, -0.2) is 12.8 Å². The summed E-state index contributed by atoms with van der Waals surface area (Å²) in [6.07, 6.45) is 1.21. The van der Waals surface area contributed by atoms with Gasteiger partial charge in [0.2, 0.25) is 15.9 Å². The van der Waals surface area contributed by atoms with E-state index in [1.165, 1.54) is 52.7 Å². The highest BCUT2D eigenvalue weighted by atomic mass is 32.2. The summed E-state index contributed by atoms with van der Waals surface area (Å²) in [5, 5.41) is 0. The Morgan fingerprint density at radius 2 is 1.79 bits per heavy atom. The van der Waals surface area contributed by atoms with Crippen molar-refractivity contribution in [2.24, 2.45) is 5.92 Å². The van der Waals surface area contributed by atoms with Crippen LogP contribution in [0.2, 0.25) is 0 Å². The van der Waals surface area contributed by atoms with Crippen molar-refractivity contribution in [3.63, 3.8) is 0 Å². The number of amides is 1. The van der Waals surface area contributed by atoms with E-state index in [0.29, 0.717) is 30.8 Å². The number of piperidine rings is 1. The van der Waals surface area contributed by atoms with E-state index in [0.717, 1.165) is 0 Å². The van der Waals surface area contributed by atoms with Gasteiger partial charge in [0.1, 0.15) is 11.6 Å². The molecule has 8 heteroatoms. The van der Waals surface area contributed by atoms with Crippen LogP contribution in [0.25, 0.3) is 0 Å². The van der Waals surface area contributed by atoms with Gasteiger partial charge in [0.15, 0.2) is 0 Å². The van der Waals surface area contributed by atoms with Gasteiger partial charge < -0.3 is 9.64 Å². The van der Waals surface area contributed by atoms with Crippen molar-refractivity contribution in [3.05, 3.63) is 54.3 Å². The smallest absolute Gasteiger partial charge is 0.243 e. The zero-order valence-electron chi connectivity index (χ0n) is 15.8. The zero-order chi connectivity index (χ0) is 20.3. The van der Waals surface area contributed by atoms with Crippen LogP contribution in [0.4, 0.5) is 10.1 Å². The second-order valence-electron chi connectivity index (χ2n) is 6.75. The third kappa shape index (κ3) is 4.18. The molecule has 1 heterocycles. The molecule has 0 aromatic heterocycles. The van der Waals surface area contributed by atoms with Gasteiger partial charge in [0.05, 0.1) is 17.9 Å². The van der Waals surface area contributed by atoms with Crippen LogP contribution in [-0.2, 0) is 14.8 Å². The van der Waals surface area contributed by atoms with Gasteiger partial charge in [-0.05, 0) is 61.4 Å². The summed E-state index contributed by atoms with van der Waals surface area (Å²) in [6.45, 7) is 0.497. The molecule has 0 spiro atoms. The molecular formula is C20H23FN2O4S. The van der Waals surface area contributed by atoms with Crippen LogP contribution in [0.5, 0.6) is 5.75 Å². The van der Waals surface area contributed by atoms with Crippen molar-refractivity contribution in [1.82, 2.24) is 4.31 Å². The quantitative estimate of drug-likeness (QED) is 0.766. The number of halogens is 1. The van der Waals surface area contributed by atoms with E-state index >= 15 is 0 Å². The van der Waals surface area contributed by atoms with Crippen molar-refractivity contribution in [3.8, 4) is 5.75 Å². The Bertz CT molecular complexity index is 930. The molecule has 28 heavy (non-hydrogen) atoms. The lowest BCUT2D eigenvalue weighted by atomic mass is 9.98. The number of hydrogen-bond donors (Lipinski definition) is 0. The molecule has 1 aliphatic rings. The Morgan fingerprint density at radius 1 is 1.14 bits per heavy atom. The molecule has 1 saturated heterocycles. The molecule has 2 aromatic carbocycles. The molecule has 1 amide bonds. The maximum atomic E-state index is 13.1. The number of methoxy groups -OCH3 is 1. The summed E-state index contributed by atoms with van der Waals surface area (Å²) in [5.41, 5.74) is 0.571. The predicted octanol–water partition coefficient (Wildman–Crippen LogP) is 2.90. The number of nitrogens with zero attached hydrogens (tertiary/aromatic N) is 2. The van der Waals surface area contributed by atoms with Crippen LogP contribution in [-0.4, -0.2) is 45.9 Å². The fourth-order valence-electron chi connectivity index (χ4n) is 3.32. The average molecular weight is 406 g/mol. The first-order chi connectivity index (χ1) is 13.3. The molecule has 0 bridgehead atoms. The number of ether oxygens (including phenoxy) is 1. The first kappa shape index (κ1) is 20.3. The van der Waals surface area contributed by atoms with E-state index in [1.807, 2.05) is 0 Å². The molecule has 0 aliphatic carbocycles. The Balaban J connectivity index is 1.75. The van der Waals surface area contributed by atoms with E-state index in [1.54, 1.807) is 19.2 Å². The minimum atomic E-state index is -3.69. The Kier molecular flexibility index (Phi) is 6.00. The molecule has 0 unspecified atom stereocenters. The van der Waals surface area contributed by atoms with E-state index in [9.17, 15) is 17.6 Å². The second-order valence-corrected chi connectivity index (χ2v) is 8.69. The number of carbonyl (C=O) groups excluding carboxylic acids is 1. The van der Waals surface area contributed by atoms with E-state index in [-0.39, 0.29) is 23.2 Å². The summed E-state index contributed by atoms with van der Waals surface area (Å²) in [4.78, 5) is 14.5. The first-order valence-electron chi connectivity index (χ1n) is 9.00. The predicted molar refractivity (Wildman–Crippen MR) is 104 cm³/mol. The molecule has 150 valence electrons. The van der Waals surface area contributed by atoms with Crippen LogP contribution in [0, 0.1) is 11.7 Å². The Morgan fingerprint density at radius 3 is 2.39 bits per heavy atom. The molecule has 1 atom stereocenters. The maximum absolute atomic E-state index is 13.1. The largest absolute Gasteiger partial charge is 0.497 e. The Hall–Kier alpha value is -2.45. The number of carbonyl (C=O) groups is 1. The number of hydrogen-bond acceptors (Lipinski definition) is 4.